The summed E-state index contributed by atoms with van der Waals surface area (Å²) in [6.45, 7) is 6.26. The lowest BCUT2D eigenvalue weighted by Gasteiger charge is -2.12. The van der Waals surface area contributed by atoms with Crippen LogP contribution in [0.15, 0.2) is 24.4 Å². The van der Waals surface area contributed by atoms with E-state index in [0.29, 0.717) is 24.2 Å². The quantitative estimate of drug-likeness (QED) is 0.879. The predicted molar refractivity (Wildman–Crippen MR) is 88.8 cm³/mol. The van der Waals surface area contributed by atoms with Gasteiger partial charge < -0.3 is 10.6 Å². The molecular weight excluding hydrogens is 306 g/mol. The van der Waals surface area contributed by atoms with Crippen LogP contribution in [0.25, 0.3) is 0 Å². The summed E-state index contributed by atoms with van der Waals surface area (Å²) in [7, 11) is 0. The molecule has 1 aliphatic heterocycles. The summed E-state index contributed by atoms with van der Waals surface area (Å²) in [6.07, 6.45) is 2.24. The van der Waals surface area contributed by atoms with Gasteiger partial charge in [0.25, 0.3) is 11.8 Å². The van der Waals surface area contributed by atoms with E-state index in [4.69, 9.17) is 0 Å². The van der Waals surface area contributed by atoms with Crippen LogP contribution in [0.1, 0.15) is 46.1 Å². The van der Waals surface area contributed by atoms with Crippen molar-refractivity contribution in [1.82, 2.24) is 25.4 Å². The maximum absolute atomic E-state index is 12.2. The molecule has 24 heavy (non-hydrogen) atoms. The third-order valence-corrected chi connectivity index (χ3v) is 3.87. The third kappa shape index (κ3) is 3.45. The molecule has 2 aromatic heterocycles. The second kappa shape index (κ2) is 6.43. The number of carbonyl (C=O) groups excluding carboxylic acids is 2. The highest BCUT2D eigenvalue weighted by Gasteiger charge is 2.26. The Bertz CT molecular complexity index is 740. The number of nitrogens with one attached hydrogen (secondary N) is 2. The zero-order valence-electron chi connectivity index (χ0n) is 14.0. The maximum Gasteiger partial charge on any atom is 0.271 e. The summed E-state index contributed by atoms with van der Waals surface area (Å²) in [5.74, 6) is -0.311. The second-order valence-electron chi connectivity index (χ2n) is 6.39. The highest BCUT2D eigenvalue weighted by molar-refractivity contribution is 5.94. The van der Waals surface area contributed by atoms with Crippen LogP contribution in [0.4, 0.5) is 0 Å². The Morgan fingerprint density at radius 1 is 1.29 bits per heavy atom. The van der Waals surface area contributed by atoms with Crippen molar-refractivity contribution in [3.63, 3.8) is 0 Å². The molecule has 0 spiro atoms. The summed E-state index contributed by atoms with van der Waals surface area (Å²) in [5, 5.41) is 10.1. The predicted octanol–water partition coefficient (Wildman–Crippen LogP) is 1.08. The number of nitrogens with zero attached hydrogens (tertiary/aromatic N) is 3. The standard InChI is InChI=1S/C17H21N5O2/c1-10(2)19-17(24)15-7-14-6-13(9-22(14)21-15)20-16(23)12-5-4-11(3)18-8-12/h4-5,7-8,10,13H,6,9H2,1-3H3,(H,19,24)(H,20,23). The van der Waals surface area contributed by atoms with E-state index in [1.165, 1.54) is 0 Å². The fraction of sp³-hybridized carbons (Fsp3) is 0.412. The minimum Gasteiger partial charge on any atom is -0.348 e. The monoisotopic (exact) mass is 327 g/mol. The molecule has 7 heteroatoms. The molecule has 1 aliphatic rings. The molecule has 0 aliphatic carbocycles. The van der Waals surface area contributed by atoms with Gasteiger partial charge in [-0.15, -0.1) is 0 Å². The number of hydrogen-bond donors (Lipinski definition) is 2. The van der Waals surface area contributed by atoms with Gasteiger partial charge in [0.2, 0.25) is 0 Å². The van der Waals surface area contributed by atoms with Crippen molar-refractivity contribution in [2.75, 3.05) is 0 Å². The smallest absolute Gasteiger partial charge is 0.271 e. The minimum absolute atomic E-state index is 0.0245. The van der Waals surface area contributed by atoms with E-state index in [1.807, 2.05) is 26.8 Å². The Labute approximate surface area is 140 Å². The summed E-state index contributed by atoms with van der Waals surface area (Å²) in [5.41, 5.74) is 2.80. The highest BCUT2D eigenvalue weighted by Crippen LogP contribution is 2.16. The number of amides is 2. The van der Waals surface area contributed by atoms with E-state index in [2.05, 4.69) is 20.7 Å². The topological polar surface area (TPSA) is 88.9 Å². The largest absolute Gasteiger partial charge is 0.348 e. The Balaban J connectivity index is 1.61. The number of pyridine rings is 1. The number of carbonyl (C=O) groups is 2. The van der Waals surface area contributed by atoms with Crippen LogP contribution in [-0.2, 0) is 13.0 Å². The van der Waals surface area contributed by atoms with Gasteiger partial charge >= 0.3 is 0 Å². The summed E-state index contributed by atoms with van der Waals surface area (Å²) in [4.78, 5) is 28.3. The first-order valence-corrected chi connectivity index (χ1v) is 8.03. The fourth-order valence-electron chi connectivity index (χ4n) is 2.72. The van der Waals surface area contributed by atoms with Gasteiger partial charge in [-0.3, -0.25) is 19.3 Å². The van der Waals surface area contributed by atoms with Crippen molar-refractivity contribution in [1.29, 1.82) is 0 Å². The molecule has 0 radical (unpaired) electrons. The van der Waals surface area contributed by atoms with Crippen molar-refractivity contribution in [2.45, 2.75) is 45.8 Å². The molecule has 2 aromatic rings. The van der Waals surface area contributed by atoms with E-state index in [9.17, 15) is 9.59 Å². The van der Waals surface area contributed by atoms with Gasteiger partial charge in [-0.05, 0) is 39.0 Å². The Hall–Kier alpha value is -2.70. The summed E-state index contributed by atoms with van der Waals surface area (Å²) >= 11 is 0. The van der Waals surface area contributed by atoms with Gasteiger partial charge in [0, 0.05) is 30.0 Å². The van der Waals surface area contributed by atoms with E-state index in [-0.39, 0.29) is 23.9 Å². The SMILES string of the molecule is Cc1ccc(C(=O)NC2Cc3cc(C(=O)NC(C)C)nn3C2)cn1. The lowest BCUT2D eigenvalue weighted by Crippen LogP contribution is -2.36. The van der Waals surface area contributed by atoms with Gasteiger partial charge in [0.15, 0.2) is 0 Å². The molecule has 0 bridgehead atoms. The van der Waals surface area contributed by atoms with Crippen LogP contribution < -0.4 is 10.6 Å². The van der Waals surface area contributed by atoms with E-state index in [0.717, 1.165) is 11.4 Å². The molecule has 0 fully saturated rings. The number of rotatable bonds is 4. The van der Waals surface area contributed by atoms with Gasteiger partial charge in [0.1, 0.15) is 5.69 Å². The normalized spacial score (nSPS) is 16.1. The Morgan fingerprint density at radius 3 is 2.71 bits per heavy atom. The van der Waals surface area contributed by atoms with Crippen molar-refractivity contribution in [3.8, 4) is 0 Å². The zero-order chi connectivity index (χ0) is 17.3. The number of hydrogen-bond acceptors (Lipinski definition) is 4. The van der Waals surface area contributed by atoms with Crippen LogP contribution in [0, 0.1) is 6.92 Å². The van der Waals surface area contributed by atoms with Gasteiger partial charge in [-0.1, -0.05) is 0 Å². The lowest BCUT2D eigenvalue weighted by atomic mass is 10.1. The van der Waals surface area contributed by atoms with Crippen molar-refractivity contribution >= 4 is 11.8 Å². The molecule has 0 saturated carbocycles. The Kier molecular flexibility index (Phi) is 4.33. The van der Waals surface area contributed by atoms with E-state index >= 15 is 0 Å². The molecule has 2 amide bonds. The van der Waals surface area contributed by atoms with Gasteiger partial charge in [0.05, 0.1) is 18.2 Å². The van der Waals surface area contributed by atoms with Crippen molar-refractivity contribution in [3.05, 3.63) is 47.0 Å². The third-order valence-electron chi connectivity index (χ3n) is 3.87. The molecule has 2 N–H and O–H groups in total. The first-order chi connectivity index (χ1) is 11.4. The number of aromatic nitrogens is 3. The van der Waals surface area contributed by atoms with E-state index < -0.39 is 0 Å². The summed E-state index contributed by atoms with van der Waals surface area (Å²) < 4.78 is 1.79. The average molecular weight is 327 g/mol. The average Bonchev–Trinajstić information content (AvgIpc) is 3.05. The van der Waals surface area contributed by atoms with Crippen LogP contribution in [0.5, 0.6) is 0 Å². The molecule has 0 aromatic carbocycles. The molecule has 7 nitrogen and oxygen atoms in total. The van der Waals surface area contributed by atoms with Crippen LogP contribution in [0.2, 0.25) is 0 Å². The first kappa shape index (κ1) is 16.2. The summed E-state index contributed by atoms with van der Waals surface area (Å²) in [6, 6.07) is 5.41. The molecular formula is C17H21N5O2. The first-order valence-electron chi connectivity index (χ1n) is 8.03. The second-order valence-corrected chi connectivity index (χ2v) is 6.39. The Morgan fingerprint density at radius 2 is 2.08 bits per heavy atom. The molecule has 1 atom stereocenters. The fourth-order valence-corrected chi connectivity index (χ4v) is 2.72. The van der Waals surface area contributed by atoms with Crippen LogP contribution in [0.3, 0.4) is 0 Å². The van der Waals surface area contributed by atoms with Crippen LogP contribution >= 0.6 is 0 Å². The van der Waals surface area contributed by atoms with E-state index in [1.54, 1.807) is 23.0 Å². The highest BCUT2D eigenvalue weighted by atomic mass is 16.2. The molecule has 3 rings (SSSR count). The number of aryl methyl sites for hydroxylation is 1. The maximum atomic E-state index is 12.2. The van der Waals surface area contributed by atoms with Gasteiger partial charge in [-0.2, -0.15) is 5.10 Å². The lowest BCUT2D eigenvalue weighted by molar-refractivity contribution is 0.0923. The molecule has 3 heterocycles. The van der Waals surface area contributed by atoms with Crippen molar-refractivity contribution < 1.29 is 9.59 Å². The van der Waals surface area contributed by atoms with Gasteiger partial charge in [-0.25, -0.2) is 0 Å². The molecule has 0 saturated heterocycles. The van der Waals surface area contributed by atoms with Crippen molar-refractivity contribution in [2.24, 2.45) is 0 Å². The minimum atomic E-state index is -0.168. The number of fused-ring (bicyclic) bond motifs is 1. The molecule has 126 valence electrons. The molecule has 1 unspecified atom stereocenters. The zero-order valence-corrected chi connectivity index (χ0v) is 14.0. The van der Waals surface area contributed by atoms with Crippen LogP contribution in [-0.4, -0.2) is 38.7 Å².